The van der Waals surface area contributed by atoms with Gasteiger partial charge in [0.15, 0.2) is 0 Å². The molecule has 0 atom stereocenters. The molecule has 0 saturated carbocycles. The molecule has 7 nitrogen and oxygen atoms in total. The molecule has 0 fully saturated rings. The number of nitrogens with two attached hydrogens (primary N) is 1. The van der Waals surface area contributed by atoms with Crippen molar-refractivity contribution in [1.29, 1.82) is 0 Å². The van der Waals surface area contributed by atoms with E-state index in [1.165, 1.54) is 30.3 Å². The summed E-state index contributed by atoms with van der Waals surface area (Å²) in [5.41, 5.74) is 2.68. The Morgan fingerprint density at radius 3 is 2.60 bits per heavy atom. The van der Waals surface area contributed by atoms with Gasteiger partial charge in [-0.25, -0.2) is 15.2 Å². The molecule has 2 rings (SSSR count). The van der Waals surface area contributed by atoms with E-state index in [1.807, 2.05) is 22.6 Å². The Morgan fingerprint density at radius 1 is 1.30 bits per heavy atom. The van der Waals surface area contributed by atoms with Gasteiger partial charge < -0.3 is 10.7 Å². The summed E-state index contributed by atoms with van der Waals surface area (Å²) in [6.07, 6.45) is 0. The number of hydrazine groups is 1. The van der Waals surface area contributed by atoms with E-state index in [4.69, 9.17) is 5.84 Å². The lowest BCUT2D eigenvalue weighted by molar-refractivity contribution is -0.384. The van der Waals surface area contributed by atoms with E-state index in [1.54, 1.807) is 0 Å². The van der Waals surface area contributed by atoms with Crippen molar-refractivity contribution < 1.29 is 9.31 Å². The van der Waals surface area contributed by atoms with Crippen LogP contribution in [0, 0.1) is 19.5 Å². The third kappa shape index (κ3) is 3.30. The standard InChI is InChI=1S/C11H9FIN5O2/c12-6-1-2-9(8(13)3-6)15-10-4-7(18(19)20)5-11(16-10)17-14/h1-5H,14H2,(H2,15,16,17). The lowest BCUT2D eigenvalue weighted by Gasteiger charge is -2.09. The smallest absolute Gasteiger partial charge is 0.276 e. The SMILES string of the molecule is NNc1cc([N+](=O)[O-])cc(Nc2ccc(F)cc2I)n1. The first-order valence-corrected chi connectivity index (χ1v) is 6.42. The highest BCUT2D eigenvalue weighted by molar-refractivity contribution is 14.1. The number of benzene rings is 1. The number of nitro groups is 1. The molecular formula is C11H9FIN5O2. The molecule has 4 N–H and O–H groups in total. The van der Waals surface area contributed by atoms with E-state index in [0.717, 1.165) is 0 Å². The Labute approximate surface area is 126 Å². The molecule has 0 bridgehead atoms. The van der Waals surface area contributed by atoms with Gasteiger partial charge in [0.05, 0.1) is 22.7 Å². The minimum absolute atomic E-state index is 0.152. The first-order chi connectivity index (χ1) is 9.49. The number of halogens is 2. The molecule has 0 aliphatic carbocycles. The van der Waals surface area contributed by atoms with Crippen molar-refractivity contribution in [1.82, 2.24) is 4.98 Å². The fraction of sp³-hybridized carbons (Fsp3) is 0. The highest BCUT2D eigenvalue weighted by atomic mass is 127. The van der Waals surface area contributed by atoms with Gasteiger partial charge in [-0.15, -0.1) is 0 Å². The summed E-state index contributed by atoms with van der Waals surface area (Å²) in [5, 5.41) is 13.7. The maximum absolute atomic E-state index is 13.0. The van der Waals surface area contributed by atoms with E-state index in [0.29, 0.717) is 9.26 Å². The summed E-state index contributed by atoms with van der Waals surface area (Å²) in [4.78, 5) is 14.3. The Hall–Kier alpha value is -2.01. The van der Waals surface area contributed by atoms with Crippen LogP contribution in [0.15, 0.2) is 30.3 Å². The number of aromatic nitrogens is 1. The van der Waals surface area contributed by atoms with E-state index >= 15 is 0 Å². The third-order valence-electron chi connectivity index (χ3n) is 2.36. The first-order valence-electron chi connectivity index (χ1n) is 5.35. The van der Waals surface area contributed by atoms with Gasteiger partial charge in [0.1, 0.15) is 17.5 Å². The number of anilines is 3. The molecule has 2 aromatic rings. The monoisotopic (exact) mass is 389 g/mol. The zero-order chi connectivity index (χ0) is 14.7. The van der Waals surface area contributed by atoms with E-state index in [-0.39, 0.29) is 23.1 Å². The van der Waals surface area contributed by atoms with Crippen LogP contribution in [0.2, 0.25) is 0 Å². The number of nitrogens with zero attached hydrogens (tertiary/aromatic N) is 2. The Morgan fingerprint density at radius 2 is 2.00 bits per heavy atom. The minimum Gasteiger partial charge on any atom is -0.339 e. The highest BCUT2D eigenvalue weighted by Crippen LogP contribution is 2.26. The van der Waals surface area contributed by atoms with Crippen LogP contribution in [0.3, 0.4) is 0 Å². The predicted molar refractivity (Wildman–Crippen MR) is 81.1 cm³/mol. The molecule has 1 aromatic heterocycles. The number of nitrogen functional groups attached to an aromatic ring is 1. The van der Waals surface area contributed by atoms with Crippen molar-refractivity contribution in [3.8, 4) is 0 Å². The largest absolute Gasteiger partial charge is 0.339 e. The molecular weight excluding hydrogens is 380 g/mol. The van der Waals surface area contributed by atoms with Crippen LogP contribution in [0.25, 0.3) is 0 Å². The summed E-state index contributed by atoms with van der Waals surface area (Å²) in [7, 11) is 0. The summed E-state index contributed by atoms with van der Waals surface area (Å²) in [6, 6.07) is 6.61. The lowest BCUT2D eigenvalue weighted by atomic mass is 10.3. The maximum Gasteiger partial charge on any atom is 0.276 e. The molecule has 1 heterocycles. The summed E-state index contributed by atoms with van der Waals surface area (Å²) >= 11 is 1.95. The Kier molecular flexibility index (Phi) is 4.29. The van der Waals surface area contributed by atoms with Crippen LogP contribution < -0.4 is 16.6 Å². The normalized spacial score (nSPS) is 10.2. The number of hydrogen-bond donors (Lipinski definition) is 3. The molecule has 0 radical (unpaired) electrons. The second-order valence-electron chi connectivity index (χ2n) is 3.75. The molecule has 20 heavy (non-hydrogen) atoms. The highest BCUT2D eigenvalue weighted by Gasteiger charge is 2.12. The van der Waals surface area contributed by atoms with Gasteiger partial charge in [-0.2, -0.15) is 0 Å². The fourth-order valence-corrected chi connectivity index (χ4v) is 2.10. The average molecular weight is 389 g/mol. The van der Waals surface area contributed by atoms with Crippen LogP contribution in [-0.2, 0) is 0 Å². The number of pyridine rings is 1. The van der Waals surface area contributed by atoms with E-state index < -0.39 is 4.92 Å². The van der Waals surface area contributed by atoms with Crippen LogP contribution in [-0.4, -0.2) is 9.91 Å². The van der Waals surface area contributed by atoms with Crippen molar-refractivity contribution in [2.75, 3.05) is 10.7 Å². The van der Waals surface area contributed by atoms with Gasteiger partial charge in [0, 0.05) is 3.57 Å². The van der Waals surface area contributed by atoms with Crippen molar-refractivity contribution in [3.63, 3.8) is 0 Å². The van der Waals surface area contributed by atoms with Gasteiger partial charge >= 0.3 is 0 Å². The number of nitrogens with one attached hydrogen (secondary N) is 2. The molecule has 0 aliphatic heterocycles. The van der Waals surface area contributed by atoms with Crippen molar-refractivity contribution >= 4 is 45.6 Å². The molecule has 0 aliphatic rings. The zero-order valence-electron chi connectivity index (χ0n) is 9.93. The van der Waals surface area contributed by atoms with Gasteiger partial charge in [0.2, 0.25) is 0 Å². The average Bonchev–Trinajstić information content (AvgIpc) is 2.41. The number of hydrogen-bond acceptors (Lipinski definition) is 6. The summed E-state index contributed by atoms with van der Waals surface area (Å²) in [6.45, 7) is 0. The Balaban J connectivity index is 2.37. The van der Waals surface area contributed by atoms with E-state index in [9.17, 15) is 14.5 Å². The lowest BCUT2D eigenvalue weighted by Crippen LogP contribution is -2.10. The molecule has 0 amide bonds. The molecule has 9 heteroatoms. The summed E-state index contributed by atoms with van der Waals surface area (Å²) in [5.74, 6) is 5.24. The molecule has 0 spiro atoms. The van der Waals surface area contributed by atoms with Gasteiger partial charge in [0.25, 0.3) is 5.69 Å². The molecule has 0 unspecified atom stereocenters. The molecule has 1 aromatic carbocycles. The van der Waals surface area contributed by atoms with E-state index in [2.05, 4.69) is 15.7 Å². The Bertz CT molecular complexity index is 667. The number of rotatable bonds is 4. The van der Waals surface area contributed by atoms with Gasteiger partial charge in [-0.3, -0.25) is 10.1 Å². The summed E-state index contributed by atoms with van der Waals surface area (Å²) < 4.78 is 13.6. The van der Waals surface area contributed by atoms with Crippen LogP contribution in [0.1, 0.15) is 0 Å². The minimum atomic E-state index is -0.552. The topological polar surface area (TPSA) is 106 Å². The first kappa shape index (κ1) is 14.4. The second kappa shape index (κ2) is 5.96. The van der Waals surface area contributed by atoms with Crippen molar-refractivity contribution in [2.45, 2.75) is 0 Å². The van der Waals surface area contributed by atoms with Gasteiger partial charge in [-0.1, -0.05) is 0 Å². The quantitative estimate of drug-likeness (QED) is 0.321. The maximum atomic E-state index is 13.0. The fourth-order valence-electron chi connectivity index (χ4n) is 1.49. The van der Waals surface area contributed by atoms with Crippen LogP contribution in [0.4, 0.5) is 27.4 Å². The molecule has 104 valence electrons. The molecule has 0 saturated heterocycles. The van der Waals surface area contributed by atoms with Crippen LogP contribution >= 0.6 is 22.6 Å². The van der Waals surface area contributed by atoms with Gasteiger partial charge in [-0.05, 0) is 40.8 Å². The van der Waals surface area contributed by atoms with Crippen molar-refractivity contribution in [2.24, 2.45) is 5.84 Å². The predicted octanol–water partition coefficient (Wildman–Crippen LogP) is 2.76. The van der Waals surface area contributed by atoms with Crippen LogP contribution in [0.5, 0.6) is 0 Å². The van der Waals surface area contributed by atoms with Crippen molar-refractivity contribution in [3.05, 3.63) is 49.8 Å². The zero-order valence-corrected chi connectivity index (χ0v) is 12.1. The third-order valence-corrected chi connectivity index (χ3v) is 3.26. The second-order valence-corrected chi connectivity index (χ2v) is 4.91.